The highest BCUT2D eigenvalue weighted by molar-refractivity contribution is 5.93. The standard InChI is InChI=1S/C31H46N4O5.ClH/c1-5-23(6-2)31(39)35-15-9-12-28(35)30(38)34-27(17-22-13-14-24-10-7-8-11-25(24)16-22)29(37)33-20-26(36)19-32-18-21(3)40-4;/h7-8,10-11,13-14,16,21,23,26-28,32,36H,5-6,9,12,15,17-20H2,1-4H3,(H,33,37)(H,34,38);1H/t21-,26?,27-,28+;/m1./s1. The van der Waals surface area contributed by atoms with Crippen LogP contribution in [0.2, 0.25) is 0 Å². The number of carbonyl (C=O) groups is 3. The van der Waals surface area contributed by atoms with Crippen LogP contribution in [0.15, 0.2) is 42.5 Å². The summed E-state index contributed by atoms with van der Waals surface area (Å²) >= 11 is 0. The van der Waals surface area contributed by atoms with E-state index in [0.717, 1.165) is 35.6 Å². The van der Waals surface area contributed by atoms with E-state index in [1.165, 1.54) is 0 Å². The number of methoxy groups -OCH3 is 1. The van der Waals surface area contributed by atoms with Crippen molar-refractivity contribution in [2.75, 3.05) is 33.3 Å². The van der Waals surface area contributed by atoms with E-state index < -0.39 is 18.2 Å². The Morgan fingerprint density at radius 3 is 2.44 bits per heavy atom. The van der Waals surface area contributed by atoms with Gasteiger partial charge < -0.3 is 30.7 Å². The highest BCUT2D eigenvalue weighted by Gasteiger charge is 2.37. The van der Waals surface area contributed by atoms with Crippen LogP contribution in [-0.4, -0.2) is 85.3 Å². The Balaban J connectivity index is 0.00000588. The van der Waals surface area contributed by atoms with Crippen LogP contribution in [0, 0.1) is 5.92 Å². The van der Waals surface area contributed by atoms with Gasteiger partial charge in [-0.3, -0.25) is 14.4 Å². The van der Waals surface area contributed by atoms with E-state index in [1.807, 2.05) is 63.2 Å². The van der Waals surface area contributed by atoms with Gasteiger partial charge in [-0.15, -0.1) is 12.4 Å². The summed E-state index contributed by atoms with van der Waals surface area (Å²) in [5.41, 5.74) is 0.909. The maximum absolute atomic E-state index is 13.5. The largest absolute Gasteiger partial charge is 0.390 e. The Labute approximate surface area is 250 Å². The van der Waals surface area contributed by atoms with Crippen molar-refractivity contribution in [1.29, 1.82) is 0 Å². The summed E-state index contributed by atoms with van der Waals surface area (Å²) in [5, 5.41) is 21.4. The van der Waals surface area contributed by atoms with Crippen LogP contribution in [-0.2, 0) is 25.5 Å². The van der Waals surface area contributed by atoms with Gasteiger partial charge in [0.1, 0.15) is 12.1 Å². The number of nitrogens with zero attached hydrogens (tertiary/aromatic N) is 1. The fourth-order valence-corrected chi connectivity index (χ4v) is 5.20. The zero-order chi connectivity index (χ0) is 29.1. The first kappa shape index (κ1) is 34.5. The molecule has 0 saturated carbocycles. The molecule has 2 aromatic rings. The maximum atomic E-state index is 13.5. The molecular formula is C31H47ClN4O5. The van der Waals surface area contributed by atoms with E-state index >= 15 is 0 Å². The molecule has 10 heteroatoms. The molecule has 0 spiro atoms. The number of hydrogen-bond donors (Lipinski definition) is 4. The minimum atomic E-state index is -0.854. The summed E-state index contributed by atoms with van der Waals surface area (Å²) in [5.74, 6) is -0.779. The number of aliphatic hydroxyl groups excluding tert-OH is 1. The predicted octanol–water partition coefficient (Wildman–Crippen LogP) is 2.82. The summed E-state index contributed by atoms with van der Waals surface area (Å²) in [6.45, 7) is 7.37. The van der Waals surface area contributed by atoms with Crippen molar-refractivity contribution >= 4 is 40.9 Å². The second-order valence-electron chi connectivity index (χ2n) is 10.8. The molecule has 1 saturated heterocycles. The number of halogens is 1. The van der Waals surface area contributed by atoms with Gasteiger partial charge in [-0.25, -0.2) is 0 Å². The van der Waals surface area contributed by atoms with Gasteiger partial charge in [0, 0.05) is 45.6 Å². The van der Waals surface area contributed by atoms with Gasteiger partial charge >= 0.3 is 0 Å². The second-order valence-corrected chi connectivity index (χ2v) is 10.8. The van der Waals surface area contributed by atoms with Crippen LogP contribution in [0.5, 0.6) is 0 Å². The van der Waals surface area contributed by atoms with Gasteiger partial charge in [0.05, 0.1) is 12.2 Å². The predicted molar refractivity (Wildman–Crippen MR) is 164 cm³/mol. The quantitative estimate of drug-likeness (QED) is 0.253. The smallest absolute Gasteiger partial charge is 0.243 e. The molecule has 0 bridgehead atoms. The Bertz CT molecular complexity index is 1130. The van der Waals surface area contributed by atoms with Crippen molar-refractivity contribution in [2.45, 2.75) is 77.2 Å². The molecule has 1 unspecified atom stereocenters. The van der Waals surface area contributed by atoms with Crippen LogP contribution < -0.4 is 16.0 Å². The SMILES string of the molecule is CCC(CC)C(=O)N1CCC[C@H]1C(=O)N[C@H](Cc1ccc2ccccc2c1)C(=O)NCC(O)CNC[C@@H](C)OC.Cl. The Hall–Kier alpha value is -2.72. The summed E-state index contributed by atoms with van der Waals surface area (Å²) in [4.78, 5) is 41.6. The van der Waals surface area contributed by atoms with Gasteiger partial charge in [-0.05, 0) is 48.9 Å². The van der Waals surface area contributed by atoms with Gasteiger partial charge in [0.15, 0.2) is 0 Å². The first-order valence-corrected chi connectivity index (χ1v) is 14.5. The second kappa shape index (κ2) is 17.3. The van der Waals surface area contributed by atoms with Crippen LogP contribution in [0.3, 0.4) is 0 Å². The Morgan fingerprint density at radius 1 is 1.05 bits per heavy atom. The summed E-state index contributed by atoms with van der Waals surface area (Å²) in [6, 6.07) is 12.5. The van der Waals surface area contributed by atoms with Gasteiger partial charge in [0.2, 0.25) is 17.7 Å². The molecule has 3 amide bonds. The third kappa shape index (κ3) is 9.95. The molecule has 1 heterocycles. The lowest BCUT2D eigenvalue weighted by Crippen LogP contribution is -2.55. The third-order valence-corrected chi connectivity index (χ3v) is 7.79. The molecule has 9 nitrogen and oxygen atoms in total. The average molecular weight is 591 g/mol. The van der Waals surface area contributed by atoms with Gasteiger partial charge in [-0.1, -0.05) is 56.3 Å². The van der Waals surface area contributed by atoms with Crippen LogP contribution >= 0.6 is 12.4 Å². The van der Waals surface area contributed by atoms with Crippen LogP contribution in [0.1, 0.15) is 52.0 Å². The van der Waals surface area contributed by atoms with Crippen molar-refractivity contribution in [3.63, 3.8) is 0 Å². The zero-order valence-electron chi connectivity index (χ0n) is 24.7. The molecule has 41 heavy (non-hydrogen) atoms. The molecule has 0 radical (unpaired) electrons. The number of rotatable bonds is 15. The molecule has 2 aromatic carbocycles. The average Bonchev–Trinajstić information content (AvgIpc) is 3.46. The molecule has 4 N–H and O–H groups in total. The normalized spacial score (nSPS) is 17.1. The lowest BCUT2D eigenvalue weighted by Gasteiger charge is -2.29. The number of hydrogen-bond acceptors (Lipinski definition) is 6. The number of nitrogens with one attached hydrogen (secondary N) is 3. The van der Waals surface area contributed by atoms with Crippen molar-refractivity contribution in [1.82, 2.24) is 20.9 Å². The van der Waals surface area contributed by atoms with E-state index in [4.69, 9.17) is 4.74 Å². The number of benzene rings is 2. The lowest BCUT2D eigenvalue weighted by molar-refractivity contribution is -0.142. The minimum Gasteiger partial charge on any atom is -0.390 e. The Kier molecular flexibility index (Phi) is 14.5. The molecule has 1 fully saturated rings. The molecule has 1 aliphatic heterocycles. The fraction of sp³-hybridized carbons (Fsp3) is 0.581. The number of carbonyl (C=O) groups excluding carboxylic acids is 3. The zero-order valence-corrected chi connectivity index (χ0v) is 25.5. The van der Waals surface area contributed by atoms with Gasteiger partial charge in [-0.2, -0.15) is 0 Å². The lowest BCUT2D eigenvalue weighted by atomic mass is 10.00. The van der Waals surface area contributed by atoms with E-state index in [1.54, 1.807) is 12.0 Å². The van der Waals surface area contributed by atoms with E-state index in [9.17, 15) is 19.5 Å². The monoisotopic (exact) mass is 590 g/mol. The molecule has 228 valence electrons. The maximum Gasteiger partial charge on any atom is 0.243 e. The third-order valence-electron chi connectivity index (χ3n) is 7.79. The molecule has 4 atom stereocenters. The number of aliphatic hydroxyl groups is 1. The van der Waals surface area contributed by atoms with Crippen LogP contribution in [0.4, 0.5) is 0 Å². The minimum absolute atomic E-state index is 0. The highest BCUT2D eigenvalue weighted by atomic mass is 35.5. The first-order valence-electron chi connectivity index (χ1n) is 14.5. The summed E-state index contributed by atoms with van der Waals surface area (Å²) in [7, 11) is 1.62. The Morgan fingerprint density at radius 2 is 1.76 bits per heavy atom. The summed E-state index contributed by atoms with van der Waals surface area (Å²) in [6.07, 6.45) is 2.29. The molecule has 0 aromatic heterocycles. The van der Waals surface area contributed by atoms with E-state index in [0.29, 0.717) is 26.1 Å². The number of likely N-dealkylation sites (tertiary alicyclic amines) is 1. The number of ether oxygens (including phenoxy) is 1. The van der Waals surface area contributed by atoms with Crippen LogP contribution in [0.25, 0.3) is 10.8 Å². The van der Waals surface area contributed by atoms with Crippen molar-refractivity contribution in [3.8, 4) is 0 Å². The van der Waals surface area contributed by atoms with E-state index in [-0.39, 0.29) is 55.1 Å². The molecule has 3 rings (SSSR count). The summed E-state index contributed by atoms with van der Waals surface area (Å²) < 4.78 is 5.19. The fourth-order valence-electron chi connectivity index (χ4n) is 5.20. The van der Waals surface area contributed by atoms with Crippen molar-refractivity contribution in [2.24, 2.45) is 5.92 Å². The number of fused-ring (bicyclic) bond motifs is 1. The molecular weight excluding hydrogens is 544 g/mol. The first-order chi connectivity index (χ1) is 19.3. The van der Waals surface area contributed by atoms with Gasteiger partial charge in [0.25, 0.3) is 0 Å². The number of amides is 3. The topological polar surface area (TPSA) is 120 Å². The van der Waals surface area contributed by atoms with E-state index in [2.05, 4.69) is 16.0 Å². The van der Waals surface area contributed by atoms with Crippen molar-refractivity contribution in [3.05, 3.63) is 48.0 Å². The molecule has 1 aliphatic rings. The molecule has 0 aliphatic carbocycles. The highest BCUT2D eigenvalue weighted by Crippen LogP contribution is 2.23. The van der Waals surface area contributed by atoms with Crippen molar-refractivity contribution < 1.29 is 24.2 Å².